The van der Waals surface area contributed by atoms with Crippen LogP contribution < -0.4 is 10.1 Å². The molecule has 0 radical (unpaired) electrons. The largest absolute Gasteiger partial charge is 0.495 e. The topological polar surface area (TPSA) is 94.3 Å². The molecule has 0 spiro atoms. The van der Waals surface area contributed by atoms with Gasteiger partial charge in [-0.25, -0.2) is 0 Å². The van der Waals surface area contributed by atoms with Gasteiger partial charge in [0.25, 0.3) is 0 Å². The Morgan fingerprint density at radius 1 is 1.12 bits per heavy atom. The highest BCUT2D eigenvalue weighted by Crippen LogP contribution is 2.35. The van der Waals surface area contributed by atoms with Crippen molar-refractivity contribution in [3.05, 3.63) is 60.3 Å². The van der Waals surface area contributed by atoms with E-state index >= 15 is 0 Å². The van der Waals surface area contributed by atoms with Crippen molar-refractivity contribution >= 4 is 29.0 Å². The van der Waals surface area contributed by atoms with Crippen LogP contribution in [-0.2, 0) is 11.0 Å². The van der Waals surface area contributed by atoms with Gasteiger partial charge in [0.1, 0.15) is 11.4 Å². The predicted octanol–water partition coefficient (Wildman–Crippen LogP) is 3.94. The molecule has 0 unspecified atom stereocenters. The number of carbonyl (C=O) groups is 1. The molecule has 8 nitrogen and oxygen atoms in total. The molecule has 4 rings (SSSR count). The number of benzene rings is 1. The second-order valence-electron chi connectivity index (χ2n) is 6.44. The van der Waals surface area contributed by atoms with Crippen LogP contribution in [0.25, 0.3) is 17.0 Å². The number of aromatic nitrogens is 5. The summed E-state index contributed by atoms with van der Waals surface area (Å²) in [7, 11) is 1.31. The average Bonchev–Trinajstić information content (AvgIpc) is 3.20. The zero-order valence-corrected chi connectivity index (χ0v) is 17.3. The lowest BCUT2D eigenvalue weighted by Crippen LogP contribution is -2.16. The van der Waals surface area contributed by atoms with Gasteiger partial charge in [0.2, 0.25) is 11.1 Å². The molecule has 0 aliphatic heterocycles. The molecule has 1 aromatic carbocycles. The van der Waals surface area contributed by atoms with E-state index < -0.39 is 17.6 Å². The molecule has 0 aliphatic rings. The number of nitrogens with one attached hydrogen (secondary N) is 1. The number of anilines is 1. The van der Waals surface area contributed by atoms with Crippen molar-refractivity contribution in [2.45, 2.75) is 11.3 Å². The lowest BCUT2D eigenvalue weighted by atomic mass is 10.2. The van der Waals surface area contributed by atoms with Gasteiger partial charge in [-0.2, -0.15) is 22.8 Å². The van der Waals surface area contributed by atoms with Crippen LogP contribution in [0.3, 0.4) is 0 Å². The molecule has 1 N–H and O–H groups in total. The second-order valence-corrected chi connectivity index (χ2v) is 7.38. The number of fused-ring (bicyclic) bond motifs is 1. The normalized spacial score (nSPS) is 11.5. The molecule has 0 aliphatic carbocycles. The van der Waals surface area contributed by atoms with Crippen LogP contribution in [-0.4, -0.2) is 43.6 Å². The summed E-state index contributed by atoms with van der Waals surface area (Å²) in [5, 5.41) is 15.3. The molecule has 1 amide bonds. The third kappa shape index (κ3) is 4.64. The molecule has 3 heterocycles. The number of thioether (sulfide) groups is 1. The number of hydrogen-bond donors (Lipinski definition) is 1. The van der Waals surface area contributed by atoms with Gasteiger partial charge in [0, 0.05) is 6.20 Å². The highest BCUT2D eigenvalue weighted by atomic mass is 32.2. The van der Waals surface area contributed by atoms with E-state index in [1.807, 2.05) is 6.07 Å². The summed E-state index contributed by atoms with van der Waals surface area (Å²) in [6, 6.07) is 11.8. The fraction of sp³-hybridized carbons (Fsp3) is 0.150. The maximum absolute atomic E-state index is 13.0. The molecule has 0 fully saturated rings. The standard InChI is InChI=1S/C20H15F3N6O2S/c1-31-16-7-5-12(20(21,22)23)10-15(16)25-18(30)11-32-19-27-26-17-8-6-14(28-29(17)19)13-4-2-3-9-24-13/h2-10H,11H2,1H3,(H,25,30). The number of nitrogens with zero attached hydrogens (tertiary/aromatic N) is 5. The predicted molar refractivity (Wildman–Crippen MR) is 111 cm³/mol. The minimum Gasteiger partial charge on any atom is -0.495 e. The van der Waals surface area contributed by atoms with E-state index in [0.29, 0.717) is 22.2 Å². The summed E-state index contributed by atoms with van der Waals surface area (Å²) in [5.74, 6) is -0.549. The number of amides is 1. The Balaban J connectivity index is 1.50. The molecule has 32 heavy (non-hydrogen) atoms. The van der Waals surface area contributed by atoms with E-state index in [9.17, 15) is 18.0 Å². The maximum Gasteiger partial charge on any atom is 0.416 e. The summed E-state index contributed by atoms with van der Waals surface area (Å²) in [4.78, 5) is 16.7. The summed E-state index contributed by atoms with van der Waals surface area (Å²) in [5.41, 5.74) is 0.768. The molecule has 0 saturated heterocycles. The fourth-order valence-corrected chi connectivity index (χ4v) is 3.50. The second kappa shape index (κ2) is 8.83. The number of hydrogen-bond acceptors (Lipinski definition) is 7. The third-order valence-electron chi connectivity index (χ3n) is 4.29. The lowest BCUT2D eigenvalue weighted by Gasteiger charge is -2.13. The van der Waals surface area contributed by atoms with Gasteiger partial charge in [0.05, 0.1) is 29.8 Å². The first-order valence-corrected chi connectivity index (χ1v) is 10.2. The van der Waals surface area contributed by atoms with Crippen molar-refractivity contribution < 1.29 is 22.7 Å². The first kappa shape index (κ1) is 21.6. The van der Waals surface area contributed by atoms with Gasteiger partial charge < -0.3 is 10.1 Å². The molecule has 3 aromatic heterocycles. The lowest BCUT2D eigenvalue weighted by molar-refractivity contribution is -0.137. The summed E-state index contributed by atoms with van der Waals surface area (Å²) < 4.78 is 45.5. The van der Waals surface area contributed by atoms with Crippen molar-refractivity contribution in [3.8, 4) is 17.1 Å². The molecule has 4 aromatic rings. The molecular formula is C20H15F3N6O2S. The number of methoxy groups -OCH3 is 1. The van der Waals surface area contributed by atoms with Crippen LogP contribution in [0.1, 0.15) is 5.56 Å². The Bertz CT molecular complexity index is 1260. The van der Waals surface area contributed by atoms with Gasteiger partial charge in [-0.05, 0) is 42.5 Å². The molecule has 0 atom stereocenters. The number of ether oxygens (including phenoxy) is 1. The number of alkyl halides is 3. The zero-order valence-electron chi connectivity index (χ0n) is 16.5. The van der Waals surface area contributed by atoms with E-state index in [0.717, 1.165) is 30.0 Å². The Morgan fingerprint density at radius 2 is 1.97 bits per heavy atom. The minimum absolute atomic E-state index is 0.0745. The highest BCUT2D eigenvalue weighted by molar-refractivity contribution is 7.99. The van der Waals surface area contributed by atoms with Crippen molar-refractivity contribution in [2.24, 2.45) is 0 Å². The number of carbonyl (C=O) groups excluding carboxylic acids is 1. The third-order valence-corrected chi connectivity index (χ3v) is 5.21. The maximum atomic E-state index is 13.0. The number of halogens is 3. The van der Waals surface area contributed by atoms with Crippen LogP contribution in [0.2, 0.25) is 0 Å². The Kier molecular flexibility index (Phi) is 5.95. The zero-order chi connectivity index (χ0) is 22.7. The van der Waals surface area contributed by atoms with Crippen LogP contribution in [0.15, 0.2) is 59.9 Å². The molecule has 164 valence electrons. The quantitative estimate of drug-likeness (QED) is 0.436. The van der Waals surface area contributed by atoms with Gasteiger partial charge in [-0.15, -0.1) is 10.2 Å². The molecular weight excluding hydrogens is 445 g/mol. The van der Waals surface area contributed by atoms with Gasteiger partial charge in [0.15, 0.2) is 5.65 Å². The van der Waals surface area contributed by atoms with Crippen LogP contribution in [0, 0.1) is 0 Å². The van der Waals surface area contributed by atoms with Crippen LogP contribution in [0.5, 0.6) is 5.75 Å². The Labute approximate surface area is 183 Å². The fourth-order valence-electron chi connectivity index (χ4n) is 2.81. The average molecular weight is 460 g/mol. The SMILES string of the molecule is COc1ccc(C(F)(F)F)cc1NC(=O)CSc1nnc2ccc(-c3ccccn3)nn12. The van der Waals surface area contributed by atoms with E-state index in [-0.39, 0.29) is 17.2 Å². The Hall–Kier alpha value is -3.67. The van der Waals surface area contributed by atoms with Gasteiger partial charge >= 0.3 is 6.18 Å². The van der Waals surface area contributed by atoms with Crippen LogP contribution >= 0.6 is 11.8 Å². The van der Waals surface area contributed by atoms with Crippen LogP contribution in [0.4, 0.5) is 18.9 Å². The van der Waals surface area contributed by atoms with Crippen molar-refractivity contribution in [3.63, 3.8) is 0 Å². The molecule has 0 saturated carbocycles. The first-order chi connectivity index (χ1) is 15.3. The molecule has 12 heteroatoms. The van der Waals surface area contributed by atoms with Crippen molar-refractivity contribution in [2.75, 3.05) is 18.2 Å². The summed E-state index contributed by atoms with van der Waals surface area (Å²) in [6.07, 6.45) is -2.90. The van der Waals surface area contributed by atoms with Gasteiger partial charge in [-0.1, -0.05) is 17.8 Å². The van der Waals surface area contributed by atoms with Crippen molar-refractivity contribution in [1.82, 2.24) is 24.8 Å². The summed E-state index contributed by atoms with van der Waals surface area (Å²) >= 11 is 1.04. The number of pyridine rings is 1. The first-order valence-electron chi connectivity index (χ1n) is 9.17. The highest BCUT2D eigenvalue weighted by Gasteiger charge is 2.31. The smallest absolute Gasteiger partial charge is 0.416 e. The monoisotopic (exact) mass is 460 g/mol. The minimum atomic E-state index is -4.54. The van der Waals surface area contributed by atoms with E-state index in [4.69, 9.17) is 4.74 Å². The van der Waals surface area contributed by atoms with Gasteiger partial charge in [-0.3, -0.25) is 9.78 Å². The van der Waals surface area contributed by atoms with E-state index in [1.165, 1.54) is 11.6 Å². The van der Waals surface area contributed by atoms with Crippen molar-refractivity contribution in [1.29, 1.82) is 0 Å². The van der Waals surface area contributed by atoms with E-state index in [1.54, 1.807) is 30.5 Å². The van der Waals surface area contributed by atoms with E-state index in [2.05, 4.69) is 25.6 Å². The Morgan fingerprint density at radius 3 is 2.69 bits per heavy atom. The molecule has 0 bridgehead atoms. The summed E-state index contributed by atoms with van der Waals surface area (Å²) in [6.45, 7) is 0. The number of rotatable bonds is 6.